The third-order valence-electron chi connectivity index (χ3n) is 3.57. The molecule has 23 heavy (non-hydrogen) atoms. The second-order valence-electron chi connectivity index (χ2n) is 5.12. The van der Waals surface area contributed by atoms with Crippen molar-refractivity contribution in [2.75, 3.05) is 12.3 Å². The van der Waals surface area contributed by atoms with Crippen molar-refractivity contribution in [2.24, 2.45) is 4.99 Å². The molecular formula is C17H16ClN3OS. The van der Waals surface area contributed by atoms with Crippen molar-refractivity contribution in [3.63, 3.8) is 0 Å². The van der Waals surface area contributed by atoms with E-state index in [9.17, 15) is 5.11 Å². The average molecular weight is 346 g/mol. The Labute approximate surface area is 144 Å². The van der Waals surface area contributed by atoms with Crippen LogP contribution in [0.3, 0.4) is 0 Å². The normalized spacial score (nSPS) is 22.5. The molecule has 0 aliphatic carbocycles. The largest absolute Gasteiger partial charge is 0.366 e. The Balaban J connectivity index is 1.97. The van der Waals surface area contributed by atoms with Gasteiger partial charge in [0.1, 0.15) is 0 Å². The molecule has 1 atom stereocenters. The molecule has 4 nitrogen and oxygen atoms in total. The van der Waals surface area contributed by atoms with Crippen molar-refractivity contribution in [2.45, 2.75) is 5.72 Å². The van der Waals surface area contributed by atoms with E-state index in [0.717, 1.165) is 16.4 Å². The first kappa shape index (κ1) is 16.1. The van der Waals surface area contributed by atoms with Gasteiger partial charge in [0, 0.05) is 23.3 Å². The maximum atomic E-state index is 11.2. The Bertz CT molecular complexity index is 720. The lowest BCUT2D eigenvalue weighted by Gasteiger charge is -2.33. The molecule has 1 aliphatic heterocycles. The van der Waals surface area contributed by atoms with E-state index >= 15 is 0 Å². The predicted molar refractivity (Wildman–Crippen MR) is 96.0 cm³/mol. The molecule has 1 aliphatic rings. The van der Waals surface area contributed by atoms with Crippen LogP contribution in [0.4, 0.5) is 5.69 Å². The number of pyridine rings is 1. The summed E-state index contributed by atoms with van der Waals surface area (Å²) in [7, 11) is 0. The minimum absolute atomic E-state index is 0.488. The van der Waals surface area contributed by atoms with E-state index in [1.54, 1.807) is 30.6 Å². The zero-order valence-corrected chi connectivity index (χ0v) is 14.0. The molecule has 0 saturated carbocycles. The summed E-state index contributed by atoms with van der Waals surface area (Å²) >= 11 is 7.46. The van der Waals surface area contributed by atoms with Crippen molar-refractivity contribution in [1.82, 2.24) is 9.88 Å². The van der Waals surface area contributed by atoms with Crippen LogP contribution in [-0.4, -0.2) is 32.5 Å². The molecule has 2 aromatic rings. The van der Waals surface area contributed by atoms with Gasteiger partial charge in [-0.1, -0.05) is 41.6 Å². The molecule has 1 saturated heterocycles. The second kappa shape index (κ2) is 6.74. The predicted octanol–water partition coefficient (Wildman–Crippen LogP) is 3.80. The Morgan fingerprint density at radius 3 is 2.83 bits per heavy atom. The number of benzene rings is 1. The quantitative estimate of drug-likeness (QED) is 0.856. The fourth-order valence-corrected chi connectivity index (χ4v) is 3.75. The fraction of sp³-hybridized carbons (Fsp3) is 0.176. The van der Waals surface area contributed by atoms with Crippen LogP contribution in [0.15, 0.2) is 66.4 Å². The number of aliphatic imine (C=N–C) groups is 1. The highest BCUT2D eigenvalue weighted by Crippen LogP contribution is 2.40. The molecule has 2 heterocycles. The molecule has 0 spiro atoms. The highest BCUT2D eigenvalue weighted by molar-refractivity contribution is 8.14. The summed E-state index contributed by atoms with van der Waals surface area (Å²) in [5.41, 5.74) is 0.405. The van der Waals surface area contributed by atoms with Gasteiger partial charge in [-0.3, -0.25) is 4.98 Å². The lowest BCUT2D eigenvalue weighted by Crippen LogP contribution is -2.45. The Kier molecular flexibility index (Phi) is 4.71. The summed E-state index contributed by atoms with van der Waals surface area (Å²) in [4.78, 5) is 10.5. The number of aromatic nitrogens is 1. The van der Waals surface area contributed by atoms with E-state index in [4.69, 9.17) is 11.6 Å². The highest BCUT2D eigenvalue weighted by atomic mass is 35.5. The van der Waals surface area contributed by atoms with Gasteiger partial charge in [-0.2, -0.15) is 0 Å². The highest BCUT2D eigenvalue weighted by Gasteiger charge is 2.44. The maximum absolute atomic E-state index is 11.2. The molecule has 1 N–H and O–H groups in total. The van der Waals surface area contributed by atoms with Crippen molar-refractivity contribution >= 4 is 34.2 Å². The minimum Gasteiger partial charge on any atom is -0.366 e. The van der Waals surface area contributed by atoms with Crippen LogP contribution in [0.5, 0.6) is 0 Å². The first-order chi connectivity index (χ1) is 11.1. The topological polar surface area (TPSA) is 48.7 Å². The Morgan fingerprint density at radius 1 is 1.39 bits per heavy atom. The number of nitrogens with zero attached hydrogens (tertiary/aromatic N) is 3. The summed E-state index contributed by atoms with van der Waals surface area (Å²) in [5, 5.41) is 12.6. The van der Waals surface area contributed by atoms with Crippen LogP contribution in [0.25, 0.3) is 0 Å². The lowest BCUT2D eigenvalue weighted by atomic mass is 10.0. The van der Waals surface area contributed by atoms with E-state index in [1.165, 1.54) is 11.8 Å². The van der Waals surface area contributed by atoms with Crippen LogP contribution >= 0.6 is 23.4 Å². The summed E-state index contributed by atoms with van der Waals surface area (Å²) in [6, 6.07) is 11.0. The molecule has 0 radical (unpaired) electrons. The fourth-order valence-electron chi connectivity index (χ4n) is 2.42. The van der Waals surface area contributed by atoms with Crippen molar-refractivity contribution in [3.8, 4) is 0 Å². The summed E-state index contributed by atoms with van der Waals surface area (Å²) in [6.45, 7) is 4.28. The SMILES string of the molecule is C=CCN1C(=Nc2cccnc2)SCC1(O)c1ccc(Cl)cc1. The number of hydrogen-bond donors (Lipinski definition) is 1. The van der Waals surface area contributed by atoms with Crippen LogP contribution in [0.2, 0.25) is 5.02 Å². The second-order valence-corrected chi connectivity index (χ2v) is 6.50. The number of hydrogen-bond acceptors (Lipinski definition) is 4. The van der Waals surface area contributed by atoms with Crippen molar-refractivity contribution in [1.29, 1.82) is 0 Å². The number of rotatable bonds is 4. The van der Waals surface area contributed by atoms with Crippen LogP contribution in [0.1, 0.15) is 5.56 Å². The van der Waals surface area contributed by atoms with E-state index in [1.807, 2.05) is 29.2 Å². The Hall–Kier alpha value is -1.82. The lowest BCUT2D eigenvalue weighted by molar-refractivity contribution is -0.0422. The van der Waals surface area contributed by atoms with Gasteiger partial charge in [0.05, 0.1) is 17.6 Å². The molecular weight excluding hydrogens is 330 g/mol. The van der Waals surface area contributed by atoms with Gasteiger partial charge in [-0.15, -0.1) is 6.58 Å². The van der Waals surface area contributed by atoms with Gasteiger partial charge < -0.3 is 10.0 Å². The molecule has 3 rings (SSSR count). The third-order valence-corrected chi connectivity index (χ3v) is 4.94. The summed E-state index contributed by atoms with van der Waals surface area (Å²) < 4.78 is 0. The molecule has 1 unspecified atom stereocenters. The smallest absolute Gasteiger partial charge is 0.175 e. The molecule has 1 aromatic carbocycles. The van der Waals surface area contributed by atoms with Gasteiger partial charge in [0.2, 0.25) is 0 Å². The zero-order valence-electron chi connectivity index (χ0n) is 12.4. The standard InChI is InChI=1S/C17H16ClN3OS/c1-2-10-21-16(20-15-4-3-9-19-11-15)23-12-17(21,22)13-5-7-14(18)8-6-13/h2-9,11,22H,1,10,12H2. The monoisotopic (exact) mass is 345 g/mol. The van der Waals surface area contributed by atoms with Gasteiger partial charge in [0.25, 0.3) is 0 Å². The van der Waals surface area contributed by atoms with Crippen molar-refractivity contribution < 1.29 is 5.11 Å². The third kappa shape index (κ3) is 3.27. The van der Waals surface area contributed by atoms with Gasteiger partial charge in [-0.05, 0) is 24.3 Å². The number of amidine groups is 1. The molecule has 0 amide bonds. The van der Waals surface area contributed by atoms with E-state index in [0.29, 0.717) is 17.3 Å². The van der Waals surface area contributed by atoms with Gasteiger partial charge in [0.15, 0.2) is 10.9 Å². The number of halogens is 1. The van der Waals surface area contributed by atoms with Gasteiger partial charge in [-0.25, -0.2) is 4.99 Å². The number of thioether (sulfide) groups is 1. The molecule has 1 fully saturated rings. The maximum Gasteiger partial charge on any atom is 0.175 e. The van der Waals surface area contributed by atoms with Gasteiger partial charge >= 0.3 is 0 Å². The molecule has 118 valence electrons. The molecule has 6 heteroatoms. The summed E-state index contributed by atoms with van der Waals surface area (Å²) in [6.07, 6.45) is 5.15. The average Bonchev–Trinajstić information content (AvgIpc) is 2.87. The Morgan fingerprint density at radius 2 is 2.17 bits per heavy atom. The van der Waals surface area contributed by atoms with E-state index in [-0.39, 0.29) is 0 Å². The summed E-state index contributed by atoms with van der Waals surface area (Å²) in [5.74, 6) is 0.488. The van der Waals surface area contributed by atoms with E-state index in [2.05, 4.69) is 16.6 Å². The first-order valence-electron chi connectivity index (χ1n) is 7.12. The zero-order chi connectivity index (χ0) is 16.3. The molecule has 1 aromatic heterocycles. The van der Waals surface area contributed by atoms with E-state index < -0.39 is 5.72 Å². The number of aliphatic hydroxyl groups is 1. The van der Waals surface area contributed by atoms with Crippen LogP contribution in [-0.2, 0) is 5.72 Å². The van der Waals surface area contributed by atoms with Crippen molar-refractivity contribution in [3.05, 3.63) is 72.0 Å². The molecule has 0 bridgehead atoms. The van der Waals surface area contributed by atoms with Crippen LogP contribution in [0, 0.1) is 0 Å². The minimum atomic E-state index is -1.13. The van der Waals surface area contributed by atoms with Crippen LogP contribution < -0.4 is 0 Å². The first-order valence-corrected chi connectivity index (χ1v) is 8.48.